The summed E-state index contributed by atoms with van der Waals surface area (Å²) < 4.78 is 145. The van der Waals surface area contributed by atoms with E-state index in [1.165, 1.54) is 12.1 Å². The number of alkyl halides is 5. The second-order valence-corrected chi connectivity index (χ2v) is 9.70. The van der Waals surface area contributed by atoms with Gasteiger partial charge in [-0.3, -0.25) is 0 Å². The molecule has 0 aromatic heterocycles. The molecule has 0 radical (unpaired) electrons. The maximum atomic E-state index is 14.7. The zero-order valence-electron chi connectivity index (χ0n) is 24.0. The van der Waals surface area contributed by atoms with Crippen LogP contribution in [0.1, 0.15) is 46.7 Å². The van der Waals surface area contributed by atoms with Crippen LogP contribution < -0.4 is 9.47 Å². The van der Waals surface area contributed by atoms with Crippen LogP contribution in [-0.2, 0) is 12.5 Å². The number of allylic oxidation sites excluding steroid dienone is 2. The third kappa shape index (κ3) is 9.33. The van der Waals surface area contributed by atoms with Crippen molar-refractivity contribution in [2.45, 2.75) is 32.2 Å². The van der Waals surface area contributed by atoms with E-state index >= 15 is 0 Å². The quantitative estimate of drug-likeness (QED) is 0.112. The summed E-state index contributed by atoms with van der Waals surface area (Å²) in [7, 11) is 0. The molecule has 4 aromatic carbocycles. The molecule has 4 aromatic rings. The van der Waals surface area contributed by atoms with Crippen molar-refractivity contribution < 1.29 is 53.4 Å². The highest BCUT2D eigenvalue weighted by molar-refractivity contribution is 5.49. The standard InChI is InChI=1S/C35H20F10O2/c1-2-3-4-5-21-6-8-22(9-7-21)10-11-23-12-14-25(27(36)16-23)15-13-24-17-28(37)32(29(38)18-24)34(41,42)46-26-19-30(39)33(31(40)20-26)47-35(43,44)45/h2-3,6-9,12,14,16-20H,4-5H2,1H3/b3-2+. The lowest BCUT2D eigenvalue weighted by Crippen LogP contribution is -2.25. The molecule has 0 heterocycles. The maximum absolute atomic E-state index is 14.7. The third-order valence-electron chi connectivity index (χ3n) is 6.22. The number of halogens is 10. The second-order valence-electron chi connectivity index (χ2n) is 9.70. The van der Waals surface area contributed by atoms with Crippen molar-refractivity contribution >= 4 is 0 Å². The fourth-order valence-electron chi connectivity index (χ4n) is 4.08. The van der Waals surface area contributed by atoms with Gasteiger partial charge >= 0.3 is 12.5 Å². The molecule has 0 unspecified atom stereocenters. The lowest BCUT2D eigenvalue weighted by Gasteiger charge is -2.20. The first-order valence-electron chi connectivity index (χ1n) is 13.5. The molecule has 12 heteroatoms. The molecule has 0 aliphatic rings. The molecule has 0 saturated heterocycles. The van der Waals surface area contributed by atoms with E-state index in [1.807, 2.05) is 37.3 Å². The fraction of sp³-hybridized carbons (Fsp3) is 0.143. The Morgan fingerprint density at radius 3 is 1.74 bits per heavy atom. The van der Waals surface area contributed by atoms with Crippen molar-refractivity contribution in [2.24, 2.45) is 0 Å². The number of rotatable bonds is 7. The lowest BCUT2D eigenvalue weighted by atomic mass is 10.1. The Kier molecular flexibility index (Phi) is 10.6. The van der Waals surface area contributed by atoms with Crippen LogP contribution in [0.5, 0.6) is 11.5 Å². The van der Waals surface area contributed by atoms with Gasteiger partial charge in [0.15, 0.2) is 11.6 Å². The van der Waals surface area contributed by atoms with Gasteiger partial charge in [-0.05, 0) is 67.8 Å². The molecule has 0 saturated carbocycles. The third-order valence-corrected chi connectivity index (χ3v) is 6.22. The minimum atomic E-state index is -5.51. The van der Waals surface area contributed by atoms with Crippen molar-refractivity contribution in [3.05, 3.63) is 141 Å². The first-order chi connectivity index (χ1) is 22.1. The number of hydrogen-bond acceptors (Lipinski definition) is 2. The van der Waals surface area contributed by atoms with E-state index < -0.39 is 64.2 Å². The van der Waals surface area contributed by atoms with Crippen molar-refractivity contribution in [3.63, 3.8) is 0 Å². The van der Waals surface area contributed by atoms with Crippen LogP contribution in [0, 0.1) is 52.8 Å². The zero-order chi connectivity index (χ0) is 34.4. The molecular formula is C35H20F10O2. The van der Waals surface area contributed by atoms with Gasteiger partial charge in [-0.1, -0.05) is 48.0 Å². The van der Waals surface area contributed by atoms with Crippen LogP contribution >= 0.6 is 0 Å². The van der Waals surface area contributed by atoms with E-state index in [0.717, 1.165) is 24.5 Å². The van der Waals surface area contributed by atoms with Crippen molar-refractivity contribution in [2.75, 3.05) is 0 Å². The summed E-state index contributed by atoms with van der Waals surface area (Å²) in [6.07, 6.45) is -4.57. The first-order valence-corrected chi connectivity index (χ1v) is 13.5. The molecular weight excluding hydrogens is 642 g/mol. The van der Waals surface area contributed by atoms with Gasteiger partial charge in [0.2, 0.25) is 5.75 Å². The summed E-state index contributed by atoms with van der Waals surface area (Å²) in [5.41, 5.74) is -0.503. The van der Waals surface area contributed by atoms with Gasteiger partial charge in [0.1, 0.15) is 28.8 Å². The van der Waals surface area contributed by atoms with Crippen molar-refractivity contribution in [1.82, 2.24) is 0 Å². The molecule has 0 atom stereocenters. The van der Waals surface area contributed by atoms with E-state index in [4.69, 9.17) is 0 Å². The minimum Gasteiger partial charge on any atom is -0.429 e. The molecule has 0 N–H and O–H groups in total. The predicted molar refractivity (Wildman–Crippen MR) is 152 cm³/mol. The van der Waals surface area contributed by atoms with Gasteiger partial charge < -0.3 is 9.47 Å². The summed E-state index contributed by atoms with van der Waals surface area (Å²) in [5.74, 6) is -1.78. The summed E-state index contributed by atoms with van der Waals surface area (Å²) in [6, 6.07) is 12.0. The molecule has 242 valence electrons. The number of aryl methyl sites for hydroxylation is 1. The molecule has 0 fully saturated rings. The Bertz CT molecular complexity index is 1880. The van der Waals surface area contributed by atoms with E-state index in [2.05, 4.69) is 39.2 Å². The Morgan fingerprint density at radius 1 is 0.617 bits per heavy atom. The van der Waals surface area contributed by atoms with Crippen LogP contribution in [0.2, 0.25) is 0 Å². The van der Waals surface area contributed by atoms with Crippen LogP contribution in [-0.4, -0.2) is 6.36 Å². The van der Waals surface area contributed by atoms with E-state index in [0.29, 0.717) is 23.3 Å². The molecule has 0 spiro atoms. The SMILES string of the molecule is C/C=C/CCc1ccc(C#Cc2ccc(C#Cc3cc(F)c(C(F)(F)Oc4cc(F)c(OC(F)(F)F)c(F)c4)c(F)c3)c(F)c2)cc1. The largest absolute Gasteiger partial charge is 0.573 e. The Hall–Kier alpha value is -5.36. The van der Waals surface area contributed by atoms with E-state index in [9.17, 15) is 43.9 Å². The molecule has 0 aliphatic carbocycles. The number of hydrogen-bond donors (Lipinski definition) is 0. The van der Waals surface area contributed by atoms with Gasteiger partial charge in [-0.2, -0.15) is 8.78 Å². The topological polar surface area (TPSA) is 18.5 Å². The van der Waals surface area contributed by atoms with Gasteiger partial charge in [0, 0.05) is 28.8 Å². The summed E-state index contributed by atoms with van der Waals surface area (Å²) in [4.78, 5) is 0. The zero-order valence-corrected chi connectivity index (χ0v) is 24.0. The highest BCUT2D eigenvalue weighted by atomic mass is 19.4. The minimum absolute atomic E-state index is 0.0934. The monoisotopic (exact) mass is 662 g/mol. The van der Waals surface area contributed by atoms with Gasteiger partial charge in [0.25, 0.3) is 0 Å². The van der Waals surface area contributed by atoms with Gasteiger partial charge in [-0.25, -0.2) is 22.0 Å². The highest BCUT2D eigenvalue weighted by Crippen LogP contribution is 2.38. The van der Waals surface area contributed by atoms with E-state index in [-0.39, 0.29) is 17.7 Å². The number of ether oxygens (including phenoxy) is 2. The summed E-state index contributed by atoms with van der Waals surface area (Å²) in [6.45, 7) is 1.95. The Labute approximate surface area is 262 Å². The van der Waals surface area contributed by atoms with Crippen LogP contribution in [0.25, 0.3) is 0 Å². The van der Waals surface area contributed by atoms with Crippen LogP contribution in [0.15, 0.2) is 78.9 Å². The molecule has 2 nitrogen and oxygen atoms in total. The molecule has 0 amide bonds. The molecule has 4 rings (SSSR count). The van der Waals surface area contributed by atoms with Crippen molar-refractivity contribution in [1.29, 1.82) is 0 Å². The van der Waals surface area contributed by atoms with Crippen LogP contribution in [0.3, 0.4) is 0 Å². The van der Waals surface area contributed by atoms with Crippen LogP contribution in [0.4, 0.5) is 43.9 Å². The maximum Gasteiger partial charge on any atom is 0.573 e. The molecule has 47 heavy (non-hydrogen) atoms. The predicted octanol–water partition coefficient (Wildman–Crippen LogP) is 9.72. The molecule has 0 aliphatic heterocycles. The average Bonchev–Trinajstić information content (AvgIpc) is 2.97. The highest BCUT2D eigenvalue weighted by Gasteiger charge is 2.42. The van der Waals surface area contributed by atoms with Gasteiger partial charge in [0.05, 0.1) is 5.56 Å². The fourth-order valence-corrected chi connectivity index (χ4v) is 4.08. The summed E-state index contributed by atoms with van der Waals surface area (Å²) in [5, 5.41) is 0. The average molecular weight is 663 g/mol. The lowest BCUT2D eigenvalue weighted by molar-refractivity contribution is -0.276. The normalized spacial score (nSPS) is 11.5. The van der Waals surface area contributed by atoms with E-state index in [1.54, 1.807) is 0 Å². The molecule has 0 bridgehead atoms. The summed E-state index contributed by atoms with van der Waals surface area (Å²) >= 11 is 0. The van der Waals surface area contributed by atoms with Gasteiger partial charge in [-0.15, -0.1) is 13.2 Å². The Balaban J connectivity index is 1.49. The first kappa shape index (κ1) is 34.5. The smallest absolute Gasteiger partial charge is 0.429 e. The second kappa shape index (κ2) is 14.4. The number of benzene rings is 4. The Morgan fingerprint density at radius 2 is 1.17 bits per heavy atom. The van der Waals surface area contributed by atoms with Crippen molar-refractivity contribution in [3.8, 4) is 35.2 Å².